The monoisotopic (exact) mass is 235 g/mol. The second-order valence-corrected chi connectivity index (χ2v) is 4.28. The SMILES string of the molecule is CC(=O)OC[C@H]1[C@@H](CO)N1Cc1ccccc1. The van der Waals surface area contributed by atoms with Crippen LogP contribution in [-0.2, 0) is 16.1 Å². The van der Waals surface area contributed by atoms with Crippen molar-refractivity contribution < 1.29 is 14.6 Å². The van der Waals surface area contributed by atoms with E-state index in [1.807, 2.05) is 18.2 Å². The number of aliphatic hydroxyl groups is 1. The zero-order valence-corrected chi connectivity index (χ0v) is 9.87. The van der Waals surface area contributed by atoms with Crippen molar-refractivity contribution in [2.75, 3.05) is 13.2 Å². The van der Waals surface area contributed by atoms with E-state index < -0.39 is 0 Å². The Kier molecular flexibility index (Phi) is 3.76. The molecule has 1 unspecified atom stereocenters. The first kappa shape index (κ1) is 12.1. The van der Waals surface area contributed by atoms with Gasteiger partial charge in [-0.25, -0.2) is 0 Å². The average Bonchev–Trinajstić information content (AvgIpc) is 3.00. The zero-order chi connectivity index (χ0) is 12.3. The lowest BCUT2D eigenvalue weighted by Gasteiger charge is -2.04. The molecule has 1 heterocycles. The summed E-state index contributed by atoms with van der Waals surface area (Å²) >= 11 is 0. The Bertz CT molecular complexity index is 380. The molecule has 0 aromatic heterocycles. The highest BCUT2D eigenvalue weighted by Gasteiger charge is 2.47. The van der Waals surface area contributed by atoms with Gasteiger partial charge in [-0.05, 0) is 5.56 Å². The Morgan fingerprint density at radius 3 is 2.65 bits per heavy atom. The maximum atomic E-state index is 10.7. The van der Waals surface area contributed by atoms with E-state index in [4.69, 9.17) is 4.74 Å². The number of carbonyl (C=O) groups excluding carboxylic acids is 1. The third-order valence-electron chi connectivity index (χ3n) is 3.06. The molecule has 0 amide bonds. The minimum absolute atomic E-state index is 0.110. The van der Waals surface area contributed by atoms with Gasteiger partial charge in [-0.1, -0.05) is 30.3 Å². The van der Waals surface area contributed by atoms with Crippen LogP contribution < -0.4 is 0 Å². The van der Waals surface area contributed by atoms with Gasteiger partial charge >= 0.3 is 5.97 Å². The van der Waals surface area contributed by atoms with E-state index in [2.05, 4.69) is 17.0 Å². The summed E-state index contributed by atoms with van der Waals surface area (Å²) < 4.78 is 4.97. The zero-order valence-electron chi connectivity index (χ0n) is 9.87. The van der Waals surface area contributed by atoms with E-state index >= 15 is 0 Å². The van der Waals surface area contributed by atoms with Gasteiger partial charge in [0.15, 0.2) is 0 Å². The first-order chi connectivity index (χ1) is 8.22. The van der Waals surface area contributed by atoms with Crippen molar-refractivity contribution in [1.29, 1.82) is 0 Å². The van der Waals surface area contributed by atoms with Gasteiger partial charge in [0.05, 0.1) is 18.7 Å². The fraction of sp³-hybridized carbons (Fsp3) is 0.462. The normalized spacial score (nSPS) is 26.6. The molecule has 2 rings (SSSR count). The summed E-state index contributed by atoms with van der Waals surface area (Å²) in [6, 6.07) is 10.3. The number of rotatable bonds is 5. The van der Waals surface area contributed by atoms with E-state index in [1.54, 1.807) is 0 Å². The fourth-order valence-corrected chi connectivity index (χ4v) is 2.06. The highest BCUT2D eigenvalue weighted by atomic mass is 16.5. The Labute approximate surface area is 101 Å². The highest BCUT2D eigenvalue weighted by molar-refractivity contribution is 5.65. The van der Waals surface area contributed by atoms with Crippen LogP contribution in [0.1, 0.15) is 12.5 Å². The molecular formula is C13H17NO3. The fourth-order valence-electron chi connectivity index (χ4n) is 2.06. The van der Waals surface area contributed by atoms with Crippen molar-refractivity contribution in [3.8, 4) is 0 Å². The number of ether oxygens (including phenoxy) is 1. The van der Waals surface area contributed by atoms with Crippen molar-refractivity contribution in [2.24, 2.45) is 0 Å². The minimum atomic E-state index is -0.270. The van der Waals surface area contributed by atoms with Gasteiger partial charge in [-0.3, -0.25) is 9.69 Å². The lowest BCUT2D eigenvalue weighted by molar-refractivity contribution is -0.141. The molecule has 0 spiro atoms. The summed E-state index contributed by atoms with van der Waals surface area (Å²) in [5, 5.41) is 9.21. The third kappa shape index (κ3) is 3.05. The van der Waals surface area contributed by atoms with Gasteiger partial charge in [0.1, 0.15) is 6.61 Å². The van der Waals surface area contributed by atoms with E-state index in [0.717, 1.165) is 6.54 Å². The molecule has 0 saturated carbocycles. The summed E-state index contributed by atoms with van der Waals surface area (Å²) in [6.45, 7) is 2.67. The lowest BCUT2D eigenvalue weighted by Crippen LogP contribution is -2.11. The van der Waals surface area contributed by atoms with E-state index in [-0.39, 0.29) is 24.7 Å². The smallest absolute Gasteiger partial charge is 0.302 e. The van der Waals surface area contributed by atoms with Crippen LogP contribution in [0.15, 0.2) is 30.3 Å². The van der Waals surface area contributed by atoms with Gasteiger partial charge in [-0.2, -0.15) is 0 Å². The van der Waals surface area contributed by atoms with Crippen molar-refractivity contribution in [3.63, 3.8) is 0 Å². The molecule has 1 saturated heterocycles. The minimum Gasteiger partial charge on any atom is -0.464 e. The standard InChI is InChI=1S/C13H17NO3/c1-10(16)17-9-13-12(8-15)14(13)7-11-5-3-2-4-6-11/h2-6,12-13,15H,7-9H2,1H3/t12-,13+,14?/m1/s1. The first-order valence-corrected chi connectivity index (χ1v) is 5.76. The molecule has 1 N–H and O–H groups in total. The average molecular weight is 235 g/mol. The molecule has 4 nitrogen and oxygen atoms in total. The van der Waals surface area contributed by atoms with Gasteiger partial charge < -0.3 is 9.84 Å². The Morgan fingerprint density at radius 1 is 1.35 bits per heavy atom. The molecule has 92 valence electrons. The predicted molar refractivity (Wildman–Crippen MR) is 63.3 cm³/mol. The van der Waals surface area contributed by atoms with Crippen molar-refractivity contribution in [2.45, 2.75) is 25.6 Å². The van der Waals surface area contributed by atoms with Crippen LogP contribution in [0.25, 0.3) is 0 Å². The van der Waals surface area contributed by atoms with Crippen LogP contribution in [0, 0.1) is 0 Å². The highest BCUT2D eigenvalue weighted by Crippen LogP contribution is 2.30. The van der Waals surface area contributed by atoms with Crippen LogP contribution in [0.3, 0.4) is 0 Å². The largest absolute Gasteiger partial charge is 0.464 e. The van der Waals surface area contributed by atoms with Gasteiger partial charge in [0.25, 0.3) is 0 Å². The summed E-state index contributed by atoms with van der Waals surface area (Å²) in [4.78, 5) is 12.9. The van der Waals surface area contributed by atoms with Crippen molar-refractivity contribution in [3.05, 3.63) is 35.9 Å². The number of benzene rings is 1. The van der Waals surface area contributed by atoms with Crippen LogP contribution in [0.5, 0.6) is 0 Å². The Morgan fingerprint density at radius 2 is 2.06 bits per heavy atom. The molecule has 1 aromatic carbocycles. The molecule has 1 aromatic rings. The third-order valence-corrected chi connectivity index (χ3v) is 3.06. The number of nitrogens with zero attached hydrogens (tertiary/aromatic N) is 1. The van der Waals surface area contributed by atoms with Crippen LogP contribution in [0.2, 0.25) is 0 Å². The number of carbonyl (C=O) groups is 1. The van der Waals surface area contributed by atoms with Gasteiger partial charge in [-0.15, -0.1) is 0 Å². The number of aliphatic hydroxyl groups excluding tert-OH is 1. The van der Waals surface area contributed by atoms with E-state index in [1.165, 1.54) is 12.5 Å². The van der Waals surface area contributed by atoms with Crippen molar-refractivity contribution in [1.82, 2.24) is 4.90 Å². The second kappa shape index (κ2) is 5.29. The van der Waals surface area contributed by atoms with Crippen LogP contribution in [-0.4, -0.2) is 41.3 Å². The number of hydrogen-bond acceptors (Lipinski definition) is 4. The quantitative estimate of drug-likeness (QED) is 0.605. The van der Waals surface area contributed by atoms with Gasteiger partial charge in [0, 0.05) is 13.5 Å². The molecule has 4 heteroatoms. The molecule has 1 fully saturated rings. The summed E-state index contributed by atoms with van der Waals surface area (Å²) in [7, 11) is 0. The molecule has 0 bridgehead atoms. The molecule has 0 radical (unpaired) electrons. The molecule has 0 aliphatic carbocycles. The van der Waals surface area contributed by atoms with E-state index in [0.29, 0.717) is 6.61 Å². The van der Waals surface area contributed by atoms with Crippen LogP contribution in [0.4, 0.5) is 0 Å². The molecule has 17 heavy (non-hydrogen) atoms. The van der Waals surface area contributed by atoms with Crippen LogP contribution >= 0.6 is 0 Å². The molecule has 1 aliphatic heterocycles. The Hall–Kier alpha value is -1.39. The predicted octanol–water partition coefficient (Wildman–Crippen LogP) is 0.795. The summed E-state index contributed by atoms with van der Waals surface area (Å²) in [5.74, 6) is -0.270. The molecule has 3 atom stereocenters. The topological polar surface area (TPSA) is 49.5 Å². The first-order valence-electron chi connectivity index (χ1n) is 5.76. The van der Waals surface area contributed by atoms with Gasteiger partial charge in [0.2, 0.25) is 0 Å². The van der Waals surface area contributed by atoms with E-state index in [9.17, 15) is 9.90 Å². The summed E-state index contributed by atoms with van der Waals surface area (Å²) in [6.07, 6.45) is 0. The summed E-state index contributed by atoms with van der Waals surface area (Å²) in [5.41, 5.74) is 1.20. The number of esters is 1. The number of hydrogen-bond donors (Lipinski definition) is 1. The second-order valence-electron chi connectivity index (χ2n) is 4.28. The molecular weight excluding hydrogens is 218 g/mol. The van der Waals surface area contributed by atoms with Crippen molar-refractivity contribution >= 4 is 5.97 Å². The molecule has 1 aliphatic rings. The maximum absolute atomic E-state index is 10.7. The Balaban J connectivity index is 1.87. The maximum Gasteiger partial charge on any atom is 0.302 e. The lowest BCUT2D eigenvalue weighted by atomic mass is 10.2.